The van der Waals surface area contributed by atoms with Crippen molar-refractivity contribution in [3.63, 3.8) is 0 Å². The van der Waals surface area contributed by atoms with Gasteiger partial charge in [-0.1, -0.05) is 58.3 Å². The Kier molecular flexibility index (Phi) is 9.09. The molecule has 4 nitrogen and oxygen atoms in total. The first-order valence-corrected chi connectivity index (χ1v) is 8.18. The van der Waals surface area contributed by atoms with Gasteiger partial charge in [-0.05, 0) is 6.42 Å². The van der Waals surface area contributed by atoms with Crippen LogP contribution in [0.4, 0.5) is 0 Å². The maximum absolute atomic E-state index is 11.6. The fraction of sp³-hybridized carbons (Fsp3) is 0.875. The van der Waals surface area contributed by atoms with E-state index in [-0.39, 0.29) is 18.0 Å². The average Bonchev–Trinajstić information content (AvgIpc) is 2.82. The molecule has 0 aliphatic carbocycles. The maximum Gasteiger partial charge on any atom is 0.306 e. The molecule has 1 aliphatic rings. The van der Waals surface area contributed by atoms with Crippen LogP contribution >= 0.6 is 0 Å². The van der Waals surface area contributed by atoms with Gasteiger partial charge in [0, 0.05) is 6.42 Å². The molecule has 0 spiro atoms. The number of amides is 1. The number of ether oxygens (including phenoxy) is 1. The molecule has 1 N–H and O–H groups in total. The first-order valence-electron chi connectivity index (χ1n) is 8.18. The van der Waals surface area contributed by atoms with Gasteiger partial charge in [0.1, 0.15) is 6.10 Å². The molecule has 4 heteroatoms. The lowest BCUT2D eigenvalue weighted by atomic mass is 10.1. The molecule has 116 valence electrons. The van der Waals surface area contributed by atoms with E-state index in [0.29, 0.717) is 19.4 Å². The number of rotatable bonds is 11. The molecule has 20 heavy (non-hydrogen) atoms. The van der Waals surface area contributed by atoms with E-state index in [1.165, 1.54) is 44.9 Å². The largest absolute Gasteiger partial charge is 0.460 e. The molecule has 0 aromatic rings. The Bertz CT molecular complexity index is 291. The van der Waals surface area contributed by atoms with Crippen LogP contribution in [-0.2, 0) is 14.3 Å². The van der Waals surface area contributed by atoms with Crippen molar-refractivity contribution < 1.29 is 14.3 Å². The number of nitrogens with one attached hydrogen (secondary N) is 1. The third-order valence-corrected chi connectivity index (χ3v) is 3.72. The Morgan fingerprint density at radius 2 is 1.70 bits per heavy atom. The van der Waals surface area contributed by atoms with Gasteiger partial charge in [0.05, 0.1) is 13.0 Å². The van der Waals surface area contributed by atoms with E-state index in [4.69, 9.17) is 4.74 Å². The first kappa shape index (κ1) is 17.0. The Balaban J connectivity index is 1.86. The highest BCUT2D eigenvalue weighted by molar-refractivity contribution is 5.79. The molecule has 1 rings (SSSR count). The van der Waals surface area contributed by atoms with Crippen molar-refractivity contribution in [2.75, 3.05) is 6.54 Å². The molecule has 1 heterocycles. The van der Waals surface area contributed by atoms with Crippen molar-refractivity contribution >= 4 is 11.9 Å². The zero-order valence-electron chi connectivity index (χ0n) is 12.8. The summed E-state index contributed by atoms with van der Waals surface area (Å²) in [4.78, 5) is 22.5. The van der Waals surface area contributed by atoms with E-state index in [1.807, 2.05) is 0 Å². The van der Waals surface area contributed by atoms with Crippen molar-refractivity contribution in [3.8, 4) is 0 Å². The van der Waals surface area contributed by atoms with Gasteiger partial charge in [-0.2, -0.15) is 0 Å². The Labute approximate surface area is 122 Å². The summed E-state index contributed by atoms with van der Waals surface area (Å²) in [6.07, 6.45) is 11.7. The van der Waals surface area contributed by atoms with Crippen molar-refractivity contribution in [1.82, 2.24) is 5.32 Å². The second kappa shape index (κ2) is 10.7. The fourth-order valence-electron chi connectivity index (χ4n) is 2.49. The number of esters is 1. The van der Waals surface area contributed by atoms with Crippen LogP contribution in [0.3, 0.4) is 0 Å². The van der Waals surface area contributed by atoms with Crippen molar-refractivity contribution in [1.29, 1.82) is 0 Å². The molecule has 1 atom stereocenters. The van der Waals surface area contributed by atoms with E-state index >= 15 is 0 Å². The average molecular weight is 283 g/mol. The van der Waals surface area contributed by atoms with Crippen LogP contribution in [0.25, 0.3) is 0 Å². The van der Waals surface area contributed by atoms with Crippen LogP contribution in [0.5, 0.6) is 0 Å². The number of unbranched alkanes of at least 4 members (excludes halogenated alkanes) is 8. The summed E-state index contributed by atoms with van der Waals surface area (Å²) in [6.45, 7) is 2.71. The van der Waals surface area contributed by atoms with Crippen LogP contribution < -0.4 is 5.32 Å². The second-order valence-corrected chi connectivity index (χ2v) is 5.70. The van der Waals surface area contributed by atoms with E-state index in [1.54, 1.807) is 0 Å². The van der Waals surface area contributed by atoms with Crippen molar-refractivity contribution in [2.24, 2.45) is 0 Å². The second-order valence-electron chi connectivity index (χ2n) is 5.70. The summed E-state index contributed by atoms with van der Waals surface area (Å²) in [5, 5.41) is 2.66. The molecule has 1 saturated heterocycles. The predicted molar refractivity (Wildman–Crippen MR) is 79.4 cm³/mol. The molecule has 0 aromatic heterocycles. The molecule has 0 radical (unpaired) electrons. The lowest BCUT2D eigenvalue weighted by molar-refractivity contribution is -0.148. The van der Waals surface area contributed by atoms with Crippen LogP contribution in [0.1, 0.15) is 77.6 Å². The van der Waals surface area contributed by atoms with Gasteiger partial charge in [-0.25, -0.2) is 0 Å². The number of carbonyl (C=O) groups is 2. The Morgan fingerprint density at radius 1 is 1.10 bits per heavy atom. The summed E-state index contributed by atoms with van der Waals surface area (Å²) in [5.41, 5.74) is 0. The van der Waals surface area contributed by atoms with Crippen LogP contribution in [0.15, 0.2) is 0 Å². The smallest absolute Gasteiger partial charge is 0.306 e. The van der Waals surface area contributed by atoms with Crippen molar-refractivity contribution in [3.05, 3.63) is 0 Å². The predicted octanol–water partition coefficient (Wildman–Crippen LogP) is 3.34. The van der Waals surface area contributed by atoms with Gasteiger partial charge in [0.25, 0.3) is 0 Å². The monoisotopic (exact) mass is 283 g/mol. The fourth-order valence-corrected chi connectivity index (χ4v) is 2.49. The van der Waals surface area contributed by atoms with Crippen LogP contribution in [0.2, 0.25) is 0 Å². The lowest BCUT2D eigenvalue weighted by Gasteiger charge is -2.09. The third-order valence-electron chi connectivity index (χ3n) is 3.72. The third kappa shape index (κ3) is 8.18. The standard InChI is InChI=1S/C16H29NO3/c1-2-3-4-5-6-7-8-9-10-11-16(19)20-14-12-15(18)17-13-14/h14H,2-13H2,1H3,(H,17,18)/t14-/m1/s1. The van der Waals surface area contributed by atoms with Gasteiger partial charge in [-0.3, -0.25) is 9.59 Å². The summed E-state index contributed by atoms with van der Waals surface area (Å²) >= 11 is 0. The normalized spacial score (nSPS) is 18.1. The molecule has 0 unspecified atom stereocenters. The quantitative estimate of drug-likeness (QED) is 0.467. The minimum Gasteiger partial charge on any atom is -0.460 e. The van der Waals surface area contributed by atoms with Gasteiger partial charge in [0.2, 0.25) is 5.91 Å². The molecule has 1 amide bonds. The van der Waals surface area contributed by atoms with E-state index < -0.39 is 0 Å². The molecule has 0 aromatic carbocycles. The van der Waals surface area contributed by atoms with Crippen molar-refractivity contribution in [2.45, 2.75) is 83.7 Å². The minimum absolute atomic E-state index is 0.0223. The first-order chi connectivity index (χ1) is 9.72. The molecule has 1 fully saturated rings. The van der Waals surface area contributed by atoms with Gasteiger partial charge in [-0.15, -0.1) is 0 Å². The SMILES string of the molecule is CCCCCCCCCCCC(=O)O[C@H]1CNC(=O)C1. The molecular weight excluding hydrogens is 254 g/mol. The number of hydrogen-bond donors (Lipinski definition) is 1. The highest BCUT2D eigenvalue weighted by Crippen LogP contribution is 2.12. The topological polar surface area (TPSA) is 55.4 Å². The summed E-state index contributed by atoms with van der Waals surface area (Å²) < 4.78 is 5.23. The van der Waals surface area contributed by atoms with Crippen LogP contribution in [-0.4, -0.2) is 24.5 Å². The Morgan fingerprint density at radius 3 is 2.25 bits per heavy atom. The van der Waals surface area contributed by atoms with E-state index in [9.17, 15) is 9.59 Å². The number of carbonyl (C=O) groups excluding carboxylic acids is 2. The zero-order chi connectivity index (χ0) is 14.6. The van der Waals surface area contributed by atoms with Gasteiger partial charge in [0.15, 0.2) is 0 Å². The van der Waals surface area contributed by atoms with E-state index in [2.05, 4.69) is 12.2 Å². The zero-order valence-corrected chi connectivity index (χ0v) is 12.8. The Hall–Kier alpha value is -1.06. The molecular formula is C16H29NO3. The molecule has 0 bridgehead atoms. The molecule has 1 aliphatic heterocycles. The highest BCUT2D eigenvalue weighted by Gasteiger charge is 2.24. The van der Waals surface area contributed by atoms with Gasteiger partial charge < -0.3 is 10.1 Å². The summed E-state index contributed by atoms with van der Waals surface area (Å²) in [7, 11) is 0. The van der Waals surface area contributed by atoms with Gasteiger partial charge >= 0.3 is 5.97 Å². The lowest BCUT2D eigenvalue weighted by Crippen LogP contribution is -2.20. The summed E-state index contributed by atoms with van der Waals surface area (Å²) in [5.74, 6) is -0.180. The highest BCUT2D eigenvalue weighted by atomic mass is 16.5. The molecule has 0 saturated carbocycles. The van der Waals surface area contributed by atoms with E-state index in [0.717, 1.165) is 12.8 Å². The number of hydrogen-bond acceptors (Lipinski definition) is 3. The minimum atomic E-state index is -0.242. The summed E-state index contributed by atoms with van der Waals surface area (Å²) in [6, 6.07) is 0. The van der Waals surface area contributed by atoms with Crippen LogP contribution in [0, 0.1) is 0 Å². The maximum atomic E-state index is 11.6.